The highest BCUT2D eigenvalue weighted by atomic mass is 19.4. The van der Waals surface area contributed by atoms with Crippen LogP contribution in [0.4, 0.5) is 24.5 Å². The topological polar surface area (TPSA) is 89.2 Å². The van der Waals surface area contributed by atoms with Crippen molar-refractivity contribution in [3.63, 3.8) is 0 Å². The first-order valence-corrected chi connectivity index (χ1v) is 9.29. The molecule has 162 valence electrons. The summed E-state index contributed by atoms with van der Waals surface area (Å²) in [5, 5.41) is 8.69. The summed E-state index contributed by atoms with van der Waals surface area (Å²) >= 11 is 0. The van der Waals surface area contributed by atoms with Gasteiger partial charge in [-0.1, -0.05) is 0 Å². The van der Waals surface area contributed by atoms with Gasteiger partial charge in [0.15, 0.2) is 5.76 Å². The maximum Gasteiger partial charge on any atom is 0.418 e. The Morgan fingerprint density at radius 1 is 0.938 bits per heavy atom. The van der Waals surface area contributed by atoms with Crippen LogP contribution in [-0.2, 0) is 6.18 Å². The maximum atomic E-state index is 13.6. The molecule has 4 aromatic rings. The number of hydrogen-bond donors (Lipinski definition) is 2. The SMILES string of the molecule is O=C(Nc1ccc(NC(=O)c2ccco2)cc1C(F)(F)F)c1ccc(-n2cccn2)cc1. The number of hydrogen-bond acceptors (Lipinski definition) is 4. The number of halogens is 3. The van der Waals surface area contributed by atoms with Gasteiger partial charge in [0.25, 0.3) is 11.8 Å². The standard InChI is InChI=1S/C22H15F3N4O3/c23-22(24,25)17-13-15(27-21(31)19-3-1-12-32-19)6-9-18(17)28-20(30)14-4-7-16(8-5-14)29-11-2-10-26-29/h1-13H,(H,27,31)(H,28,30). The van der Waals surface area contributed by atoms with Gasteiger partial charge in [-0.3, -0.25) is 9.59 Å². The summed E-state index contributed by atoms with van der Waals surface area (Å²) in [6, 6.07) is 13.9. The van der Waals surface area contributed by atoms with Crippen LogP contribution >= 0.6 is 0 Å². The largest absolute Gasteiger partial charge is 0.459 e. The number of furan rings is 1. The van der Waals surface area contributed by atoms with Gasteiger partial charge in [0.2, 0.25) is 0 Å². The molecular formula is C22H15F3N4O3. The summed E-state index contributed by atoms with van der Waals surface area (Å²) in [6.45, 7) is 0. The molecule has 0 saturated heterocycles. The van der Waals surface area contributed by atoms with Gasteiger partial charge in [-0.25, -0.2) is 4.68 Å². The number of carbonyl (C=O) groups is 2. The second kappa shape index (κ2) is 8.42. The van der Waals surface area contributed by atoms with Crippen molar-refractivity contribution in [2.45, 2.75) is 6.18 Å². The van der Waals surface area contributed by atoms with E-state index in [9.17, 15) is 22.8 Å². The molecule has 2 aromatic carbocycles. The Kier molecular flexibility index (Phi) is 5.50. The minimum Gasteiger partial charge on any atom is -0.459 e. The average molecular weight is 440 g/mol. The number of aromatic nitrogens is 2. The number of rotatable bonds is 5. The van der Waals surface area contributed by atoms with Crippen LogP contribution in [0.25, 0.3) is 5.69 Å². The Morgan fingerprint density at radius 2 is 1.72 bits per heavy atom. The smallest absolute Gasteiger partial charge is 0.418 e. The molecule has 0 unspecified atom stereocenters. The van der Waals surface area contributed by atoms with E-state index in [4.69, 9.17) is 4.42 Å². The van der Waals surface area contributed by atoms with E-state index in [0.717, 1.165) is 12.1 Å². The maximum absolute atomic E-state index is 13.6. The quantitative estimate of drug-likeness (QED) is 0.458. The second-order valence-electron chi connectivity index (χ2n) is 6.64. The number of benzene rings is 2. The molecule has 2 heterocycles. The molecule has 0 saturated carbocycles. The molecule has 10 heteroatoms. The molecule has 0 aliphatic rings. The molecule has 2 amide bonds. The first-order chi connectivity index (χ1) is 15.3. The molecule has 2 N–H and O–H groups in total. The van der Waals surface area contributed by atoms with Crippen LogP contribution in [0, 0.1) is 0 Å². The molecule has 7 nitrogen and oxygen atoms in total. The number of alkyl halides is 3. The van der Waals surface area contributed by atoms with Crippen molar-refractivity contribution in [3.05, 3.63) is 96.2 Å². The molecule has 0 bridgehead atoms. The van der Waals surface area contributed by atoms with Gasteiger partial charge in [0, 0.05) is 23.6 Å². The summed E-state index contributed by atoms with van der Waals surface area (Å²) in [5.74, 6) is -1.46. The summed E-state index contributed by atoms with van der Waals surface area (Å²) < 4.78 is 47.3. The fourth-order valence-corrected chi connectivity index (χ4v) is 2.95. The lowest BCUT2D eigenvalue weighted by Gasteiger charge is -2.16. The van der Waals surface area contributed by atoms with Crippen molar-refractivity contribution in [1.82, 2.24) is 9.78 Å². The third kappa shape index (κ3) is 4.53. The third-order valence-electron chi connectivity index (χ3n) is 4.47. The van der Waals surface area contributed by atoms with Crippen LogP contribution < -0.4 is 10.6 Å². The van der Waals surface area contributed by atoms with Crippen molar-refractivity contribution in [2.24, 2.45) is 0 Å². The second-order valence-corrected chi connectivity index (χ2v) is 6.64. The first kappa shape index (κ1) is 20.9. The molecule has 4 rings (SSSR count). The van der Waals surface area contributed by atoms with E-state index < -0.39 is 29.2 Å². The van der Waals surface area contributed by atoms with E-state index in [2.05, 4.69) is 15.7 Å². The highest BCUT2D eigenvalue weighted by molar-refractivity contribution is 6.05. The Hall–Kier alpha value is -4.34. The van der Waals surface area contributed by atoms with Crippen LogP contribution in [0.3, 0.4) is 0 Å². The van der Waals surface area contributed by atoms with Gasteiger partial charge in [-0.2, -0.15) is 18.3 Å². The van der Waals surface area contributed by atoms with E-state index in [0.29, 0.717) is 5.69 Å². The van der Waals surface area contributed by atoms with Crippen molar-refractivity contribution in [1.29, 1.82) is 0 Å². The summed E-state index contributed by atoms with van der Waals surface area (Å²) in [7, 11) is 0. The number of nitrogens with zero attached hydrogens (tertiary/aromatic N) is 2. The van der Waals surface area contributed by atoms with Crippen LogP contribution in [-0.4, -0.2) is 21.6 Å². The number of anilines is 2. The minimum atomic E-state index is -4.77. The molecule has 0 radical (unpaired) electrons. The van der Waals surface area contributed by atoms with Crippen molar-refractivity contribution in [3.8, 4) is 5.69 Å². The average Bonchev–Trinajstić information content (AvgIpc) is 3.48. The summed E-state index contributed by atoms with van der Waals surface area (Å²) in [4.78, 5) is 24.6. The summed E-state index contributed by atoms with van der Waals surface area (Å²) in [5.41, 5.74) is -0.769. The Labute approximate surface area is 179 Å². The van der Waals surface area contributed by atoms with Crippen LogP contribution in [0.1, 0.15) is 26.5 Å². The molecule has 0 aliphatic heterocycles. The zero-order valence-electron chi connectivity index (χ0n) is 16.3. The van der Waals surface area contributed by atoms with Crippen molar-refractivity contribution in [2.75, 3.05) is 10.6 Å². The zero-order chi connectivity index (χ0) is 22.7. The molecular weight excluding hydrogens is 425 g/mol. The monoisotopic (exact) mass is 440 g/mol. The Morgan fingerprint density at radius 3 is 2.34 bits per heavy atom. The fourth-order valence-electron chi connectivity index (χ4n) is 2.95. The van der Waals surface area contributed by atoms with Gasteiger partial charge in [-0.05, 0) is 60.7 Å². The molecule has 0 aliphatic carbocycles. The van der Waals surface area contributed by atoms with Crippen LogP contribution in [0.15, 0.2) is 83.7 Å². The first-order valence-electron chi connectivity index (χ1n) is 9.29. The van der Waals surface area contributed by atoms with Gasteiger partial charge < -0.3 is 15.1 Å². The minimum absolute atomic E-state index is 0.0468. The van der Waals surface area contributed by atoms with E-state index in [1.807, 2.05) is 0 Å². The zero-order valence-corrected chi connectivity index (χ0v) is 16.3. The third-order valence-corrected chi connectivity index (χ3v) is 4.47. The molecule has 0 spiro atoms. The lowest BCUT2D eigenvalue weighted by molar-refractivity contribution is -0.136. The molecule has 0 atom stereocenters. The summed E-state index contributed by atoms with van der Waals surface area (Å²) in [6.07, 6.45) is -0.175. The van der Waals surface area contributed by atoms with Crippen molar-refractivity contribution < 1.29 is 27.2 Å². The predicted octanol–water partition coefficient (Wildman–Crippen LogP) is 4.99. The molecule has 0 fully saturated rings. The van der Waals surface area contributed by atoms with Gasteiger partial charge >= 0.3 is 6.18 Å². The highest BCUT2D eigenvalue weighted by Gasteiger charge is 2.34. The Bertz CT molecular complexity index is 1230. The van der Waals surface area contributed by atoms with Gasteiger partial charge in [-0.15, -0.1) is 0 Å². The fraction of sp³-hybridized carbons (Fsp3) is 0.0455. The van der Waals surface area contributed by atoms with E-state index in [1.54, 1.807) is 35.3 Å². The van der Waals surface area contributed by atoms with Crippen LogP contribution in [0.2, 0.25) is 0 Å². The lowest BCUT2D eigenvalue weighted by Crippen LogP contribution is -2.18. The Balaban J connectivity index is 1.54. The molecule has 2 aromatic heterocycles. The van der Waals surface area contributed by atoms with E-state index in [1.165, 1.54) is 36.6 Å². The number of nitrogens with one attached hydrogen (secondary N) is 2. The predicted molar refractivity (Wildman–Crippen MR) is 110 cm³/mol. The lowest BCUT2D eigenvalue weighted by atomic mass is 10.1. The van der Waals surface area contributed by atoms with E-state index >= 15 is 0 Å². The van der Waals surface area contributed by atoms with E-state index in [-0.39, 0.29) is 17.0 Å². The molecule has 32 heavy (non-hydrogen) atoms. The number of amides is 2. The van der Waals surface area contributed by atoms with Crippen molar-refractivity contribution >= 4 is 23.2 Å². The normalized spacial score (nSPS) is 11.2. The van der Waals surface area contributed by atoms with Gasteiger partial charge in [0.1, 0.15) is 0 Å². The highest BCUT2D eigenvalue weighted by Crippen LogP contribution is 2.37. The van der Waals surface area contributed by atoms with Crippen LogP contribution in [0.5, 0.6) is 0 Å². The number of carbonyl (C=O) groups excluding carboxylic acids is 2. The van der Waals surface area contributed by atoms with Gasteiger partial charge in [0.05, 0.1) is 23.2 Å².